The van der Waals surface area contributed by atoms with Crippen LogP contribution in [0.2, 0.25) is 0 Å². The van der Waals surface area contributed by atoms with E-state index in [2.05, 4.69) is 11.9 Å². The zero-order chi connectivity index (χ0) is 6.85. The van der Waals surface area contributed by atoms with Crippen LogP contribution in [0.25, 0.3) is 0 Å². The molecule has 0 saturated carbocycles. The smallest absolute Gasteiger partial charge is 0.226 e. The largest absolute Gasteiger partial charge is 0.330 e. The maximum atomic E-state index is 10.8. The molecular formula is C7H13NO. The maximum absolute atomic E-state index is 10.8. The molecule has 0 radical (unpaired) electrons. The third-order valence-electron chi connectivity index (χ3n) is 1.63. The quantitative estimate of drug-likeness (QED) is 0.522. The van der Waals surface area contributed by atoms with Crippen LogP contribution in [-0.4, -0.2) is 5.91 Å². The van der Waals surface area contributed by atoms with Gasteiger partial charge in [-0.05, 0) is 12.8 Å². The summed E-state index contributed by atoms with van der Waals surface area (Å²) in [5.41, 5.74) is 0.859. The Morgan fingerprint density at radius 2 is 2.56 bits per heavy atom. The lowest BCUT2D eigenvalue weighted by atomic mass is 9.99. The van der Waals surface area contributed by atoms with Gasteiger partial charge in [0.2, 0.25) is 5.91 Å². The molecule has 1 fully saturated rings. The maximum Gasteiger partial charge on any atom is 0.226 e. The zero-order valence-electron chi connectivity index (χ0n) is 5.61. The highest BCUT2D eigenvalue weighted by molar-refractivity contribution is 5.80. The van der Waals surface area contributed by atoms with Crippen LogP contribution >= 0.6 is 0 Å². The average Bonchev–Trinajstić information content (AvgIpc) is 1.80. The third kappa shape index (κ3) is 1.31. The Morgan fingerprint density at radius 3 is 3.00 bits per heavy atom. The van der Waals surface area contributed by atoms with E-state index >= 15 is 0 Å². The predicted octanol–water partition coefficient (Wildman–Crippen LogP) is 1.29. The minimum Gasteiger partial charge on any atom is -0.330 e. The summed E-state index contributed by atoms with van der Waals surface area (Å²) in [4.78, 5) is 10.8. The van der Waals surface area contributed by atoms with Crippen molar-refractivity contribution < 1.29 is 6.22 Å². The molecule has 0 spiro atoms. The summed E-state index contributed by atoms with van der Waals surface area (Å²) in [5, 5.41) is 2.70. The van der Waals surface area contributed by atoms with Crippen LogP contribution in [-0.2, 0) is 4.79 Å². The molecule has 1 aliphatic heterocycles. The molecule has 0 aliphatic carbocycles. The lowest BCUT2D eigenvalue weighted by Gasteiger charge is -2.19. The number of hydrogen-bond donors (Lipinski definition) is 1. The number of amides is 1. The molecule has 0 bridgehead atoms. The van der Waals surface area contributed by atoms with Crippen LogP contribution in [0.4, 0.5) is 0 Å². The summed E-state index contributed by atoms with van der Waals surface area (Å²) in [5.74, 6) is 0.293. The Hall–Kier alpha value is -0.790. The molecule has 0 aromatic heterocycles. The average molecular weight is 127 g/mol. The SMILES string of the molecule is C=C1CCC(C)C(=O)N1.[HH]. The summed E-state index contributed by atoms with van der Waals surface area (Å²) in [6.45, 7) is 5.60. The van der Waals surface area contributed by atoms with Gasteiger partial charge in [0.25, 0.3) is 0 Å². The van der Waals surface area contributed by atoms with Crippen molar-refractivity contribution in [3.63, 3.8) is 0 Å². The molecule has 1 heterocycles. The van der Waals surface area contributed by atoms with E-state index in [4.69, 9.17) is 0 Å². The van der Waals surface area contributed by atoms with Crippen molar-refractivity contribution in [3.8, 4) is 0 Å². The number of piperidine rings is 1. The number of allylic oxidation sites excluding steroid dienone is 1. The fourth-order valence-electron chi connectivity index (χ4n) is 0.882. The van der Waals surface area contributed by atoms with E-state index in [1.54, 1.807) is 0 Å². The van der Waals surface area contributed by atoms with Gasteiger partial charge < -0.3 is 5.32 Å². The van der Waals surface area contributed by atoms with Gasteiger partial charge in [0.15, 0.2) is 0 Å². The van der Waals surface area contributed by atoms with Crippen molar-refractivity contribution in [2.45, 2.75) is 19.8 Å². The Kier molecular flexibility index (Phi) is 1.56. The van der Waals surface area contributed by atoms with E-state index in [1.165, 1.54) is 0 Å². The van der Waals surface area contributed by atoms with Crippen LogP contribution in [0.15, 0.2) is 12.3 Å². The first kappa shape index (κ1) is 6.33. The number of hydrogen-bond acceptors (Lipinski definition) is 1. The van der Waals surface area contributed by atoms with E-state index in [0.29, 0.717) is 0 Å². The monoisotopic (exact) mass is 127 g/mol. The number of nitrogens with one attached hydrogen (secondary N) is 1. The van der Waals surface area contributed by atoms with E-state index in [1.807, 2.05) is 6.92 Å². The number of rotatable bonds is 0. The topological polar surface area (TPSA) is 29.1 Å². The minimum absolute atomic E-state index is 0. The highest BCUT2D eigenvalue weighted by atomic mass is 16.1. The lowest BCUT2D eigenvalue weighted by Crippen LogP contribution is -2.32. The predicted molar refractivity (Wildman–Crippen MR) is 37.8 cm³/mol. The second kappa shape index (κ2) is 2.21. The lowest BCUT2D eigenvalue weighted by molar-refractivity contribution is -0.124. The molecule has 2 nitrogen and oxygen atoms in total. The van der Waals surface area contributed by atoms with Gasteiger partial charge >= 0.3 is 0 Å². The first-order chi connectivity index (χ1) is 4.20. The van der Waals surface area contributed by atoms with E-state index in [0.717, 1.165) is 18.5 Å². The van der Waals surface area contributed by atoms with Crippen molar-refractivity contribution in [3.05, 3.63) is 12.3 Å². The van der Waals surface area contributed by atoms with Gasteiger partial charge in [-0.15, -0.1) is 0 Å². The summed E-state index contributed by atoms with van der Waals surface area (Å²) in [7, 11) is 0. The zero-order valence-corrected chi connectivity index (χ0v) is 5.61. The Balaban J connectivity index is 0.000000810. The van der Waals surface area contributed by atoms with Gasteiger partial charge in [-0.3, -0.25) is 4.79 Å². The van der Waals surface area contributed by atoms with Crippen LogP contribution < -0.4 is 5.32 Å². The standard InChI is InChI=1S/C7H11NO.H2/c1-5-3-4-6(2)8-7(5)9;/h5H,2-4H2,1H3,(H,8,9);1H. The summed E-state index contributed by atoms with van der Waals surface area (Å²) in [6, 6.07) is 0. The Bertz CT molecular complexity index is 156. The highest BCUT2D eigenvalue weighted by Gasteiger charge is 2.18. The Morgan fingerprint density at radius 1 is 1.89 bits per heavy atom. The van der Waals surface area contributed by atoms with E-state index in [-0.39, 0.29) is 13.3 Å². The summed E-state index contributed by atoms with van der Waals surface area (Å²) in [6.07, 6.45) is 1.89. The van der Waals surface area contributed by atoms with E-state index < -0.39 is 0 Å². The summed E-state index contributed by atoms with van der Waals surface area (Å²) < 4.78 is 0. The molecule has 1 atom stereocenters. The first-order valence-corrected chi connectivity index (χ1v) is 3.19. The second-order valence-corrected chi connectivity index (χ2v) is 2.53. The molecule has 9 heavy (non-hydrogen) atoms. The molecule has 52 valence electrons. The molecule has 1 saturated heterocycles. The van der Waals surface area contributed by atoms with Crippen LogP contribution in [0, 0.1) is 5.92 Å². The fourth-order valence-corrected chi connectivity index (χ4v) is 0.882. The van der Waals surface area contributed by atoms with Gasteiger partial charge in [0.05, 0.1) is 0 Å². The van der Waals surface area contributed by atoms with Gasteiger partial charge in [-0.1, -0.05) is 13.5 Å². The third-order valence-corrected chi connectivity index (χ3v) is 1.63. The number of carbonyl (C=O) groups excluding carboxylic acids is 1. The minimum atomic E-state index is 0. The normalized spacial score (nSPS) is 27.9. The molecule has 1 amide bonds. The van der Waals surface area contributed by atoms with E-state index in [9.17, 15) is 4.79 Å². The van der Waals surface area contributed by atoms with Gasteiger partial charge in [-0.2, -0.15) is 0 Å². The summed E-state index contributed by atoms with van der Waals surface area (Å²) >= 11 is 0. The number of carbonyl (C=O) groups is 1. The molecule has 1 rings (SSSR count). The van der Waals surface area contributed by atoms with Gasteiger partial charge in [0.1, 0.15) is 0 Å². The van der Waals surface area contributed by atoms with Gasteiger partial charge in [0, 0.05) is 13.0 Å². The second-order valence-electron chi connectivity index (χ2n) is 2.53. The van der Waals surface area contributed by atoms with Crippen molar-refractivity contribution in [2.75, 3.05) is 0 Å². The van der Waals surface area contributed by atoms with Crippen LogP contribution in [0.1, 0.15) is 21.2 Å². The molecule has 1 N–H and O–H groups in total. The van der Waals surface area contributed by atoms with Crippen molar-refractivity contribution in [1.29, 1.82) is 0 Å². The van der Waals surface area contributed by atoms with Crippen molar-refractivity contribution in [1.82, 2.24) is 5.32 Å². The van der Waals surface area contributed by atoms with Crippen molar-refractivity contribution in [2.24, 2.45) is 5.92 Å². The first-order valence-electron chi connectivity index (χ1n) is 3.19. The highest BCUT2D eigenvalue weighted by Crippen LogP contribution is 2.14. The van der Waals surface area contributed by atoms with Crippen molar-refractivity contribution >= 4 is 5.91 Å². The van der Waals surface area contributed by atoms with Crippen LogP contribution in [0.5, 0.6) is 0 Å². The molecule has 0 aromatic rings. The molecule has 2 heteroatoms. The van der Waals surface area contributed by atoms with Crippen LogP contribution in [0.3, 0.4) is 0 Å². The Labute approximate surface area is 56.4 Å². The molecular weight excluding hydrogens is 114 g/mol. The molecule has 1 aliphatic rings. The van der Waals surface area contributed by atoms with Gasteiger partial charge in [-0.25, -0.2) is 0 Å². The molecule has 0 aromatic carbocycles. The molecule has 1 unspecified atom stereocenters. The fraction of sp³-hybridized carbons (Fsp3) is 0.571.